The molecule has 0 bridgehead atoms. The van der Waals surface area contributed by atoms with Crippen LogP contribution in [0.3, 0.4) is 0 Å². The molecule has 2 aromatic rings. The summed E-state index contributed by atoms with van der Waals surface area (Å²) >= 11 is 0. The summed E-state index contributed by atoms with van der Waals surface area (Å²) in [5, 5.41) is 0. The lowest BCUT2D eigenvalue weighted by Gasteiger charge is -2.17. The third-order valence-corrected chi connectivity index (χ3v) is 2.91. The fraction of sp³-hybridized carbons (Fsp3) is 0.200. The van der Waals surface area contributed by atoms with E-state index in [9.17, 15) is 13.2 Å². The van der Waals surface area contributed by atoms with Gasteiger partial charge in [0.05, 0.1) is 5.56 Å². The predicted octanol–water partition coefficient (Wildman–Crippen LogP) is 4.44. The topological polar surface area (TPSA) is 3.24 Å². The highest BCUT2D eigenvalue weighted by Crippen LogP contribution is 2.33. The maximum atomic E-state index is 12.5. The Labute approximate surface area is 110 Å². The molecule has 0 spiro atoms. The molecule has 0 aromatic heterocycles. The van der Waals surface area contributed by atoms with Crippen LogP contribution < -0.4 is 4.90 Å². The van der Waals surface area contributed by atoms with Crippen molar-refractivity contribution < 1.29 is 13.2 Å². The van der Waals surface area contributed by atoms with Crippen molar-refractivity contribution >= 4 is 5.69 Å². The van der Waals surface area contributed by atoms with Crippen molar-refractivity contribution in [3.05, 3.63) is 54.1 Å². The summed E-state index contributed by atoms with van der Waals surface area (Å²) in [6.45, 7) is 0. The molecule has 100 valence electrons. The summed E-state index contributed by atoms with van der Waals surface area (Å²) in [5.41, 5.74) is 2.04. The first-order valence-corrected chi connectivity index (χ1v) is 5.83. The highest BCUT2D eigenvalue weighted by Gasteiger charge is 2.30. The minimum atomic E-state index is -4.29. The van der Waals surface area contributed by atoms with Gasteiger partial charge in [0.2, 0.25) is 0 Å². The van der Waals surface area contributed by atoms with Gasteiger partial charge in [-0.25, -0.2) is 0 Å². The summed E-state index contributed by atoms with van der Waals surface area (Å²) in [4.78, 5) is 1.94. The Morgan fingerprint density at radius 1 is 0.842 bits per heavy atom. The van der Waals surface area contributed by atoms with Gasteiger partial charge in [0, 0.05) is 25.3 Å². The molecule has 0 fully saturated rings. The standard InChI is InChI=1S/C15H14F3N/c1-19(2)14-6-4-3-5-13(14)11-7-9-12(10-8-11)15(16,17)18/h3-10H,1-2H3. The van der Waals surface area contributed by atoms with Crippen LogP contribution in [-0.2, 0) is 6.18 Å². The van der Waals surface area contributed by atoms with Crippen molar-refractivity contribution in [2.45, 2.75) is 6.18 Å². The quantitative estimate of drug-likeness (QED) is 0.776. The Balaban J connectivity index is 2.43. The van der Waals surface area contributed by atoms with Gasteiger partial charge in [0.1, 0.15) is 0 Å². The lowest BCUT2D eigenvalue weighted by molar-refractivity contribution is -0.137. The minimum Gasteiger partial charge on any atom is -0.377 e. The van der Waals surface area contributed by atoms with Crippen molar-refractivity contribution in [3.8, 4) is 11.1 Å². The van der Waals surface area contributed by atoms with Crippen molar-refractivity contribution in [2.75, 3.05) is 19.0 Å². The van der Waals surface area contributed by atoms with E-state index in [1.165, 1.54) is 12.1 Å². The second-order valence-corrected chi connectivity index (χ2v) is 4.49. The van der Waals surface area contributed by atoms with Gasteiger partial charge in [-0.05, 0) is 23.8 Å². The van der Waals surface area contributed by atoms with Crippen LogP contribution in [0.25, 0.3) is 11.1 Å². The number of alkyl halides is 3. The van der Waals surface area contributed by atoms with Crippen LogP contribution in [-0.4, -0.2) is 14.1 Å². The molecule has 2 rings (SSSR count). The second-order valence-electron chi connectivity index (χ2n) is 4.49. The average molecular weight is 265 g/mol. The van der Waals surface area contributed by atoms with E-state index in [1.807, 2.05) is 43.3 Å². The fourth-order valence-corrected chi connectivity index (χ4v) is 1.95. The Kier molecular flexibility index (Phi) is 3.51. The Morgan fingerprint density at radius 3 is 1.95 bits per heavy atom. The summed E-state index contributed by atoms with van der Waals surface area (Å²) < 4.78 is 37.6. The van der Waals surface area contributed by atoms with Gasteiger partial charge in [-0.1, -0.05) is 30.3 Å². The highest BCUT2D eigenvalue weighted by molar-refractivity contribution is 5.78. The zero-order chi connectivity index (χ0) is 14.0. The molecule has 19 heavy (non-hydrogen) atoms. The molecule has 0 heterocycles. The molecule has 0 radical (unpaired) electrons. The molecule has 0 aliphatic heterocycles. The number of anilines is 1. The summed E-state index contributed by atoms with van der Waals surface area (Å²) in [6, 6.07) is 12.9. The van der Waals surface area contributed by atoms with Crippen LogP contribution in [0, 0.1) is 0 Å². The van der Waals surface area contributed by atoms with Crippen molar-refractivity contribution in [1.82, 2.24) is 0 Å². The number of hydrogen-bond acceptors (Lipinski definition) is 1. The summed E-state index contributed by atoms with van der Waals surface area (Å²) in [6.07, 6.45) is -4.29. The number of rotatable bonds is 2. The zero-order valence-corrected chi connectivity index (χ0v) is 10.7. The molecular weight excluding hydrogens is 251 g/mol. The molecule has 1 nitrogen and oxygen atoms in total. The largest absolute Gasteiger partial charge is 0.416 e. The summed E-state index contributed by atoms with van der Waals surface area (Å²) in [7, 11) is 3.81. The average Bonchev–Trinajstić information content (AvgIpc) is 2.38. The minimum absolute atomic E-state index is 0.626. The molecule has 0 N–H and O–H groups in total. The maximum absolute atomic E-state index is 12.5. The van der Waals surface area contributed by atoms with Crippen LogP contribution >= 0.6 is 0 Å². The first-order chi connectivity index (χ1) is 8.89. The molecule has 0 amide bonds. The van der Waals surface area contributed by atoms with E-state index in [1.54, 1.807) is 0 Å². The molecule has 0 aliphatic carbocycles. The monoisotopic (exact) mass is 265 g/mol. The molecule has 0 atom stereocenters. The van der Waals surface area contributed by atoms with E-state index < -0.39 is 11.7 Å². The van der Waals surface area contributed by atoms with Crippen molar-refractivity contribution in [3.63, 3.8) is 0 Å². The van der Waals surface area contributed by atoms with Crippen LogP contribution in [0.2, 0.25) is 0 Å². The van der Waals surface area contributed by atoms with E-state index in [-0.39, 0.29) is 0 Å². The molecule has 0 aliphatic rings. The van der Waals surface area contributed by atoms with Crippen LogP contribution in [0.5, 0.6) is 0 Å². The molecule has 2 aromatic carbocycles. The van der Waals surface area contributed by atoms with Gasteiger partial charge in [-0.3, -0.25) is 0 Å². The maximum Gasteiger partial charge on any atom is 0.416 e. The molecule has 0 saturated carbocycles. The molecule has 0 unspecified atom stereocenters. The van der Waals surface area contributed by atoms with E-state index in [2.05, 4.69) is 0 Å². The van der Waals surface area contributed by atoms with Gasteiger partial charge in [0.25, 0.3) is 0 Å². The van der Waals surface area contributed by atoms with Crippen LogP contribution in [0.15, 0.2) is 48.5 Å². The first kappa shape index (κ1) is 13.5. The van der Waals surface area contributed by atoms with E-state index in [0.29, 0.717) is 0 Å². The number of hydrogen-bond donors (Lipinski definition) is 0. The third kappa shape index (κ3) is 2.89. The van der Waals surface area contributed by atoms with E-state index in [4.69, 9.17) is 0 Å². The molecule has 0 saturated heterocycles. The summed E-state index contributed by atoms with van der Waals surface area (Å²) in [5.74, 6) is 0. The van der Waals surface area contributed by atoms with Crippen molar-refractivity contribution in [2.24, 2.45) is 0 Å². The van der Waals surface area contributed by atoms with E-state index in [0.717, 1.165) is 28.9 Å². The Bertz CT molecular complexity index is 556. The Morgan fingerprint density at radius 2 is 1.42 bits per heavy atom. The van der Waals surface area contributed by atoms with Gasteiger partial charge < -0.3 is 4.90 Å². The van der Waals surface area contributed by atoms with E-state index >= 15 is 0 Å². The van der Waals surface area contributed by atoms with Gasteiger partial charge in [-0.2, -0.15) is 13.2 Å². The smallest absolute Gasteiger partial charge is 0.377 e. The number of nitrogens with zero attached hydrogens (tertiary/aromatic N) is 1. The SMILES string of the molecule is CN(C)c1ccccc1-c1ccc(C(F)(F)F)cc1. The normalized spacial score (nSPS) is 11.4. The number of para-hydroxylation sites is 1. The van der Waals surface area contributed by atoms with Crippen molar-refractivity contribution in [1.29, 1.82) is 0 Å². The van der Waals surface area contributed by atoms with Gasteiger partial charge >= 0.3 is 6.18 Å². The highest BCUT2D eigenvalue weighted by atomic mass is 19.4. The predicted molar refractivity (Wildman–Crippen MR) is 71.2 cm³/mol. The lowest BCUT2D eigenvalue weighted by atomic mass is 10.0. The molecule has 4 heteroatoms. The zero-order valence-electron chi connectivity index (χ0n) is 10.7. The first-order valence-electron chi connectivity index (χ1n) is 5.83. The Hall–Kier alpha value is -1.97. The van der Waals surface area contributed by atoms with Gasteiger partial charge in [-0.15, -0.1) is 0 Å². The van der Waals surface area contributed by atoms with Crippen LogP contribution in [0.1, 0.15) is 5.56 Å². The number of halogens is 3. The van der Waals surface area contributed by atoms with Gasteiger partial charge in [0.15, 0.2) is 0 Å². The third-order valence-electron chi connectivity index (χ3n) is 2.91. The fourth-order valence-electron chi connectivity index (χ4n) is 1.95. The van der Waals surface area contributed by atoms with Crippen LogP contribution in [0.4, 0.5) is 18.9 Å². The number of benzene rings is 2. The second kappa shape index (κ2) is 4.96. The lowest BCUT2D eigenvalue weighted by Crippen LogP contribution is -2.09. The molecular formula is C15H14F3N.